The molecule has 0 aliphatic rings. The summed E-state index contributed by atoms with van der Waals surface area (Å²) in [5.41, 5.74) is 0.574. The highest BCUT2D eigenvalue weighted by atomic mass is 16.3. The fraction of sp³-hybridized carbons (Fsp3) is 0.0526. The van der Waals surface area contributed by atoms with E-state index in [1.165, 1.54) is 34.9 Å². The molecule has 12 heteroatoms. The fourth-order valence-corrected chi connectivity index (χ4v) is 2.65. The Labute approximate surface area is 175 Å². The summed E-state index contributed by atoms with van der Waals surface area (Å²) in [7, 11) is 0. The molecule has 31 heavy (non-hydrogen) atoms. The Kier molecular flexibility index (Phi) is 5.14. The van der Waals surface area contributed by atoms with E-state index < -0.39 is 5.91 Å². The van der Waals surface area contributed by atoms with Crippen LogP contribution in [0.5, 0.6) is 5.88 Å². The van der Waals surface area contributed by atoms with E-state index in [2.05, 4.69) is 35.7 Å². The van der Waals surface area contributed by atoms with Crippen LogP contribution in [0.15, 0.2) is 65.2 Å². The molecule has 1 amide bonds. The molecule has 3 aromatic heterocycles. The van der Waals surface area contributed by atoms with Gasteiger partial charge in [-0.25, -0.2) is 9.97 Å². The van der Waals surface area contributed by atoms with Crippen molar-refractivity contribution < 1.29 is 9.90 Å². The zero-order valence-corrected chi connectivity index (χ0v) is 16.1. The summed E-state index contributed by atoms with van der Waals surface area (Å²) in [6.07, 6.45) is 4.33. The van der Waals surface area contributed by atoms with Crippen LogP contribution >= 0.6 is 0 Å². The van der Waals surface area contributed by atoms with Crippen molar-refractivity contribution in [2.75, 3.05) is 5.32 Å². The Balaban J connectivity index is 1.81. The lowest BCUT2D eigenvalue weighted by Crippen LogP contribution is -2.07. The Morgan fingerprint density at radius 3 is 2.55 bits per heavy atom. The standard InChI is InChI=1S/C19H14N10O2/c1-12(30)24-16-15(18(31)28(27-16)14-6-3-2-4-7-14)25-26-17-13(10-20)11-23-29(17)19-21-8-5-9-22-19/h2-9,11,31H,1H3,(H,24,27,30). The van der Waals surface area contributed by atoms with Crippen molar-refractivity contribution in [2.24, 2.45) is 10.2 Å². The van der Waals surface area contributed by atoms with Crippen molar-refractivity contribution in [2.45, 2.75) is 6.92 Å². The van der Waals surface area contributed by atoms with Crippen LogP contribution in [0.25, 0.3) is 11.6 Å². The van der Waals surface area contributed by atoms with Crippen LogP contribution < -0.4 is 5.32 Å². The van der Waals surface area contributed by atoms with Gasteiger partial charge in [0.15, 0.2) is 17.3 Å². The van der Waals surface area contributed by atoms with Gasteiger partial charge in [-0.15, -0.1) is 15.3 Å². The lowest BCUT2D eigenvalue weighted by Gasteiger charge is -2.01. The third kappa shape index (κ3) is 3.83. The van der Waals surface area contributed by atoms with Crippen LogP contribution in [0.3, 0.4) is 0 Å². The SMILES string of the molecule is CC(=O)Nc1nn(-c2ccccc2)c(O)c1N=Nc1c(C#N)cnn1-c1ncccn1. The second kappa shape index (κ2) is 8.21. The normalized spacial score (nSPS) is 10.8. The molecule has 0 aliphatic heterocycles. The number of carbonyl (C=O) groups excluding carboxylic acids is 1. The van der Waals surface area contributed by atoms with Gasteiger partial charge in [-0.1, -0.05) is 18.2 Å². The number of nitrogens with one attached hydrogen (secondary N) is 1. The van der Waals surface area contributed by atoms with Gasteiger partial charge in [0.25, 0.3) is 5.95 Å². The van der Waals surface area contributed by atoms with Crippen molar-refractivity contribution in [1.82, 2.24) is 29.5 Å². The molecule has 4 rings (SSSR count). The predicted octanol–water partition coefficient (Wildman–Crippen LogP) is 2.80. The average Bonchev–Trinajstić information content (AvgIpc) is 3.33. The fourth-order valence-electron chi connectivity index (χ4n) is 2.65. The van der Waals surface area contributed by atoms with Gasteiger partial charge in [0.2, 0.25) is 11.8 Å². The zero-order valence-electron chi connectivity index (χ0n) is 16.1. The number of anilines is 1. The largest absolute Gasteiger partial charge is 0.492 e. The average molecular weight is 414 g/mol. The number of hydrogen-bond donors (Lipinski definition) is 2. The van der Waals surface area contributed by atoms with E-state index in [9.17, 15) is 15.2 Å². The van der Waals surface area contributed by atoms with E-state index in [-0.39, 0.29) is 34.7 Å². The van der Waals surface area contributed by atoms with E-state index >= 15 is 0 Å². The third-order valence-electron chi connectivity index (χ3n) is 3.98. The van der Waals surface area contributed by atoms with Gasteiger partial charge < -0.3 is 10.4 Å². The van der Waals surface area contributed by atoms with Crippen LogP contribution in [-0.4, -0.2) is 40.5 Å². The summed E-state index contributed by atoms with van der Waals surface area (Å²) in [5.74, 6) is -0.523. The third-order valence-corrected chi connectivity index (χ3v) is 3.98. The van der Waals surface area contributed by atoms with Crippen LogP contribution in [0.4, 0.5) is 17.3 Å². The van der Waals surface area contributed by atoms with Crippen LogP contribution in [0.1, 0.15) is 12.5 Å². The minimum Gasteiger partial charge on any atom is -0.492 e. The first kappa shape index (κ1) is 19.4. The molecular formula is C19H14N10O2. The van der Waals surface area contributed by atoms with Crippen molar-refractivity contribution >= 4 is 23.2 Å². The van der Waals surface area contributed by atoms with E-state index in [1.54, 1.807) is 30.3 Å². The maximum atomic E-state index is 11.6. The molecule has 0 aliphatic carbocycles. The second-order valence-electron chi connectivity index (χ2n) is 6.10. The van der Waals surface area contributed by atoms with Gasteiger partial charge in [-0.05, 0) is 18.2 Å². The molecule has 2 N–H and O–H groups in total. The number of carbonyl (C=O) groups is 1. The molecule has 0 unspecified atom stereocenters. The Morgan fingerprint density at radius 1 is 1.13 bits per heavy atom. The summed E-state index contributed by atoms with van der Waals surface area (Å²) in [4.78, 5) is 19.8. The number of nitriles is 1. The van der Waals surface area contributed by atoms with Crippen molar-refractivity contribution in [3.05, 3.63) is 60.6 Å². The van der Waals surface area contributed by atoms with Gasteiger partial charge >= 0.3 is 0 Å². The quantitative estimate of drug-likeness (QED) is 0.475. The molecule has 152 valence electrons. The lowest BCUT2D eigenvalue weighted by atomic mass is 10.3. The van der Waals surface area contributed by atoms with Gasteiger partial charge in [-0.2, -0.15) is 19.7 Å². The van der Waals surface area contributed by atoms with Gasteiger partial charge in [0.05, 0.1) is 11.9 Å². The minimum atomic E-state index is -0.408. The van der Waals surface area contributed by atoms with Crippen LogP contribution in [-0.2, 0) is 4.79 Å². The maximum absolute atomic E-state index is 11.6. The van der Waals surface area contributed by atoms with Gasteiger partial charge in [0.1, 0.15) is 11.6 Å². The van der Waals surface area contributed by atoms with Crippen LogP contribution in [0.2, 0.25) is 0 Å². The molecule has 0 bridgehead atoms. The molecule has 0 saturated carbocycles. The monoisotopic (exact) mass is 414 g/mol. The Bertz CT molecular complexity index is 1300. The summed E-state index contributed by atoms with van der Waals surface area (Å²) in [6, 6.07) is 12.4. The first-order valence-corrected chi connectivity index (χ1v) is 8.90. The zero-order chi connectivity index (χ0) is 21.8. The maximum Gasteiger partial charge on any atom is 0.252 e. The van der Waals surface area contributed by atoms with Crippen molar-refractivity contribution in [1.29, 1.82) is 5.26 Å². The van der Waals surface area contributed by atoms with E-state index in [4.69, 9.17) is 0 Å². The molecule has 0 spiro atoms. The smallest absolute Gasteiger partial charge is 0.252 e. The highest BCUT2D eigenvalue weighted by molar-refractivity contribution is 5.91. The van der Waals surface area contributed by atoms with E-state index in [0.29, 0.717) is 5.69 Å². The van der Waals surface area contributed by atoms with Crippen molar-refractivity contribution in [3.8, 4) is 23.6 Å². The summed E-state index contributed by atoms with van der Waals surface area (Å²) >= 11 is 0. The molecule has 0 saturated heterocycles. The molecule has 1 aromatic carbocycles. The number of amides is 1. The van der Waals surface area contributed by atoms with Crippen LogP contribution in [0, 0.1) is 11.3 Å². The molecule has 0 fully saturated rings. The summed E-state index contributed by atoms with van der Waals surface area (Å²) in [6.45, 7) is 1.30. The summed E-state index contributed by atoms with van der Waals surface area (Å²) < 4.78 is 2.45. The highest BCUT2D eigenvalue weighted by Gasteiger charge is 2.21. The molecule has 3 heterocycles. The van der Waals surface area contributed by atoms with Crippen molar-refractivity contribution in [3.63, 3.8) is 0 Å². The number of rotatable bonds is 5. The Morgan fingerprint density at radius 2 is 1.87 bits per heavy atom. The number of azo groups is 1. The molecule has 12 nitrogen and oxygen atoms in total. The Hall–Kier alpha value is -4.92. The number of benzene rings is 1. The van der Waals surface area contributed by atoms with E-state index in [1.807, 2.05) is 12.1 Å². The van der Waals surface area contributed by atoms with Gasteiger partial charge in [-0.3, -0.25) is 4.79 Å². The molecule has 0 atom stereocenters. The first-order valence-electron chi connectivity index (χ1n) is 8.90. The van der Waals surface area contributed by atoms with Gasteiger partial charge in [0, 0.05) is 19.3 Å². The lowest BCUT2D eigenvalue weighted by molar-refractivity contribution is -0.114. The van der Waals surface area contributed by atoms with E-state index in [0.717, 1.165) is 0 Å². The number of aromatic nitrogens is 6. The summed E-state index contributed by atoms with van der Waals surface area (Å²) in [5, 5.41) is 39.0. The highest BCUT2D eigenvalue weighted by Crippen LogP contribution is 2.38. The molecule has 0 radical (unpaired) electrons. The number of hydrogen-bond acceptors (Lipinski definition) is 9. The number of nitrogens with zero attached hydrogens (tertiary/aromatic N) is 9. The first-order chi connectivity index (χ1) is 15.1. The topological polar surface area (TPSA) is 159 Å². The molecular weight excluding hydrogens is 400 g/mol. The number of para-hydroxylation sites is 1. The predicted molar refractivity (Wildman–Crippen MR) is 108 cm³/mol. The minimum absolute atomic E-state index is 0.00172. The molecule has 4 aromatic rings. The number of aromatic hydroxyl groups is 1. The second-order valence-corrected chi connectivity index (χ2v) is 6.10.